The molecule has 1 aliphatic heterocycles. The Morgan fingerprint density at radius 1 is 1.12 bits per heavy atom. The number of anilines is 3. The van der Waals surface area contributed by atoms with E-state index in [0.717, 1.165) is 44.6 Å². The van der Waals surface area contributed by atoms with Gasteiger partial charge >= 0.3 is 0 Å². The standard InChI is InChI=1S/C19H23N5O2/c20-17(25)16-11-21-19(24-18(16)22-14-5-6-14)23-15-3-1-12(2-4-15)13-7-9-26-10-8-13/h1-4,11,13-14H,5-10H2,(H2,20,25)(H2,21,22,23,24). The van der Waals surface area contributed by atoms with Gasteiger partial charge in [-0.1, -0.05) is 12.1 Å². The maximum Gasteiger partial charge on any atom is 0.254 e. The van der Waals surface area contributed by atoms with Crippen molar-refractivity contribution in [3.05, 3.63) is 41.6 Å². The summed E-state index contributed by atoms with van der Waals surface area (Å²) in [5.74, 6) is 0.979. The summed E-state index contributed by atoms with van der Waals surface area (Å²) >= 11 is 0. The van der Waals surface area contributed by atoms with E-state index in [2.05, 4.69) is 32.7 Å². The highest BCUT2D eigenvalue weighted by molar-refractivity contribution is 5.97. The minimum Gasteiger partial charge on any atom is -0.381 e. The third-order valence-electron chi connectivity index (χ3n) is 4.83. The van der Waals surface area contributed by atoms with Gasteiger partial charge in [-0.25, -0.2) is 4.98 Å². The Kier molecular flexibility index (Phi) is 4.71. The predicted octanol–water partition coefficient (Wildman–Crippen LogP) is 2.79. The molecule has 0 atom stereocenters. The SMILES string of the molecule is NC(=O)c1cnc(Nc2ccc(C3CCOCC3)cc2)nc1NC1CC1. The summed E-state index contributed by atoms with van der Waals surface area (Å²) in [4.78, 5) is 20.2. The van der Waals surface area contributed by atoms with Crippen LogP contribution in [0.15, 0.2) is 30.5 Å². The highest BCUT2D eigenvalue weighted by atomic mass is 16.5. The Bertz CT molecular complexity index is 783. The third-order valence-corrected chi connectivity index (χ3v) is 4.83. The van der Waals surface area contributed by atoms with Crippen molar-refractivity contribution in [1.29, 1.82) is 0 Å². The second-order valence-corrected chi connectivity index (χ2v) is 6.87. The largest absolute Gasteiger partial charge is 0.381 e. The van der Waals surface area contributed by atoms with E-state index in [9.17, 15) is 4.79 Å². The van der Waals surface area contributed by atoms with Crippen molar-refractivity contribution >= 4 is 23.4 Å². The highest BCUT2D eigenvalue weighted by Gasteiger charge is 2.24. The molecule has 0 unspecified atom stereocenters. The topological polar surface area (TPSA) is 102 Å². The molecule has 1 saturated heterocycles. The van der Waals surface area contributed by atoms with Crippen LogP contribution < -0.4 is 16.4 Å². The van der Waals surface area contributed by atoms with Gasteiger partial charge in [0.15, 0.2) is 0 Å². The van der Waals surface area contributed by atoms with Crippen molar-refractivity contribution in [2.45, 2.75) is 37.6 Å². The molecule has 0 bridgehead atoms. The number of amides is 1. The molecule has 2 aliphatic rings. The molecule has 1 aromatic heterocycles. The number of nitrogens with zero attached hydrogens (tertiary/aromatic N) is 2. The lowest BCUT2D eigenvalue weighted by atomic mass is 9.92. The van der Waals surface area contributed by atoms with E-state index in [-0.39, 0.29) is 0 Å². The fourth-order valence-electron chi connectivity index (χ4n) is 3.15. The fraction of sp³-hybridized carbons (Fsp3) is 0.421. The number of aromatic nitrogens is 2. The van der Waals surface area contributed by atoms with Crippen molar-refractivity contribution in [3.63, 3.8) is 0 Å². The first-order chi connectivity index (χ1) is 12.7. The lowest BCUT2D eigenvalue weighted by Crippen LogP contribution is -2.17. The van der Waals surface area contributed by atoms with Crippen LogP contribution in [0, 0.1) is 0 Å². The number of hydrogen-bond donors (Lipinski definition) is 3. The summed E-state index contributed by atoms with van der Waals surface area (Å²) in [6.45, 7) is 1.67. The maximum atomic E-state index is 11.6. The van der Waals surface area contributed by atoms with E-state index >= 15 is 0 Å². The molecular weight excluding hydrogens is 330 g/mol. The second-order valence-electron chi connectivity index (χ2n) is 6.87. The van der Waals surface area contributed by atoms with E-state index in [4.69, 9.17) is 10.5 Å². The van der Waals surface area contributed by atoms with Crippen molar-refractivity contribution < 1.29 is 9.53 Å². The number of nitrogens with one attached hydrogen (secondary N) is 2. The summed E-state index contributed by atoms with van der Waals surface area (Å²) in [6.07, 6.45) is 5.78. The normalized spacial score (nSPS) is 17.7. The number of nitrogens with two attached hydrogens (primary N) is 1. The molecule has 7 heteroatoms. The minimum absolute atomic E-state index is 0.317. The van der Waals surface area contributed by atoms with E-state index in [1.54, 1.807) is 0 Å². The number of carbonyl (C=O) groups excluding carboxylic acids is 1. The molecule has 4 rings (SSSR count). The van der Waals surface area contributed by atoms with Gasteiger partial charge in [0, 0.05) is 31.1 Å². The summed E-state index contributed by atoms with van der Waals surface area (Å²) in [5.41, 5.74) is 7.97. The van der Waals surface area contributed by atoms with Crippen LogP contribution in [-0.2, 0) is 4.74 Å². The molecule has 1 aromatic carbocycles. The smallest absolute Gasteiger partial charge is 0.254 e. The molecule has 0 radical (unpaired) electrons. The van der Waals surface area contributed by atoms with Crippen LogP contribution in [0.4, 0.5) is 17.5 Å². The van der Waals surface area contributed by atoms with Gasteiger partial charge < -0.3 is 21.1 Å². The van der Waals surface area contributed by atoms with Crippen LogP contribution in [0.5, 0.6) is 0 Å². The number of ether oxygens (including phenoxy) is 1. The van der Waals surface area contributed by atoms with Gasteiger partial charge in [0.2, 0.25) is 5.95 Å². The lowest BCUT2D eigenvalue weighted by Gasteiger charge is -2.22. The third kappa shape index (κ3) is 3.94. The Labute approximate surface area is 152 Å². The molecule has 1 aliphatic carbocycles. The number of benzene rings is 1. The maximum absolute atomic E-state index is 11.6. The first-order valence-corrected chi connectivity index (χ1v) is 9.07. The number of hydrogen-bond acceptors (Lipinski definition) is 6. The van der Waals surface area contributed by atoms with Gasteiger partial charge in [0.05, 0.1) is 5.56 Å². The van der Waals surface area contributed by atoms with Crippen LogP contribution in [0.3, 0.4) is 0 Å². The number of rotatable bonds is 6. The van der Waals surface area contributed by atoms with Crippen LogP contribution >= 0.6 is 0 Å². The Morgan fingerprint density at radius 3 is 2.50 bits per heavy atom. The summed E-state index contributed by atoms with van der Waals surface area (Å²) < 4.78 is 5.43. The molecule has 2 fully saturated rings. The minimum atomic E-state index is -0.527. The van der Waals surface area contributed by atoms with Gasteiger partial charge in [-0.05, 0) is 49.3 Å². The molecule has 1 amide bonds. The van der Waals surface area contributed by atoms with Crippen molar-refractivity contribution in [2.75, 3.05) is 23.8 Å². The molecule has 0 spiro atoms. The van der Waals surface area contributed by atoms with Gasteiger partial charge in [0.1, 0.15) is 5.82 Å². The van der Waals surface area contributed by atoms with Crippen LogP contribution in [0.2, 0.25) is 0 Å². The molecule has 136 valence electrons. The zero-order valence-electron chi connectivity index (χ0n) is 14.6. The highest BCUT2D eigenvalue weighted by Crippen LogP contribution is 2.29. The van der Waals surface area contributed by atoms with Crippen molar-refractivity contribution in [2.24, 2.45) is 5.73 Å². The summed E-state index contributed by atoms with van der Waals surface area (Å²) in [5, 5.41) is 6.44. The second kappa shape index (κ2) is 7.29. The van der Waals surface area contributed by atoms with Gasteiger partial charge in [-0.15, -0.1) is 0 Å². The molecule has 4 N–H and O–H groups in total. The average Bonchev–Trinajstić information content (AvgIpc) is 3.47. The molecular formula is C19H23N5O2. The Hall–Kier alpha value is -2.67. The van der Waals surface area contributed by atoms with Crippen LogP contribution in [-0.4, -0.2) is 35.1 Å². The average molecular weight is 353 g/mol. The summed E-state index contributed by atoms with van der Waals surface area (Å²) in [6, 6.07) is 8.71. The van der Waals surface area contributed by atoms with Gasteiger partial charge in [-0.3, -0.25) is 4.79 Å². The Balaban J connectivity index is 1.48. The zero-order valence-corrected chi connectivity index (χ0v) is 14.6. The molecule has 2 aromatic rings. The number of carbonyl (C=O) groups is 1. The monoisotopic (exact) mass is 353 g/mol. The zero-order chi connectivity index (χ0) is 17.9. The predicted molar refractivity (Wildman–Crippen MR) is 99.7 cm³/mol. The van der Waals surface area contributed by atoms with E-state index in [0.29, 0.717) is 29.3 Å². The molecule has 7 nitrogen and oxygen atoms in total. The van der Waals surface area contributed by atoms with Crippen LogP contribution in [0.1, 0.15) is 47.5 Å². The van der Waals surface area contributed by atoms with E-state index in [1.165, 1.54) is 11.8 Å². The lowest BCUT2D eigenvalue weighted by molar-refractivity contribution is 0.0853. The summed E-state index contributed by atoms with van der Waals surface area (Å²) in [7, 11) is 0. The van der Waals surface area contributed by atoms with Crippen molar-refractivity contribution in [1.82, 2.24) is 9.97 Å². The van der Waals surface area contributed by atoms with Gasteiger partial charge in [-0.2, -0.15) is 4.98 Å². The molecule has 1 saturated carbocycles. The van der Waals surface area contributed by atoms with Gasteiger partial charge in [0.25, 0.3) is 5.91 Å². The first-order valence-electron chi connectivity index (χ1n) is 9.07. The fourth-order valence-corrected chi connectivity index (χ4v) is 3.15. The first kappa shape index (κ1) is 16.8. The van der Waals surface area contributed by atoms with E-state index < -0.39 is 5.91 Å². The molecule has 26 heavy (non-hydrogen) atoms. The van der Waals surface area contributed by atoms with Crippen molar-refractivity contribution in [3.8, 4) is 0 Å². The number of primary amides is 1. The van der Waals surface area contributed by atoms with Crippen LogP contribution in [0.25, 0.3) is 0 Å². The van der Waals surface area contributed by atoms with E-state index in [1.807, 2.05) is 12.1 Å². The Morgan fingerprint density at radius 2 is 1.85 bits per heavy atom. The quantitative estimate of drug-likeness (QED) is 0.738. The molecule has 2 heterocycles.